The summed E-state index contributed by atoms with van der Waals surface area (Å²) < 4.78 is 0. The Morgan fingerprint density at radius 1 is 1.12 bits per heavy atom. The molecule has 0 radical (unpaired) electrons. The van der Waals surface area contributed by atoms with Crippen molar-refractivity contribution in [3.05, 3.63) is 11.6 Å². The van der Waals surface area contributed by atoms with Crippen LogP contribution in [0.3, 0.4) is 0 Å². The normalized spacial score (nSPS) is 22.6. The smallest absolute Gasteiger partial charge is 0.331 e. The van der Waals surface area contributed by atoms with Crippen LogP contribution in [0.1, 0.15) is 75.2 Å². The number of carboxylic acids is 1. The molecule has 0 aromatic carbocycles. The second kappa shape index (κ2) is 11.3. The van der Waals surface area contributed by atoms with Crippen molar-refractivity contribution in [1.82, 2.24) is 15.1 Å². The molecule has 7 nitrogen and oxygen atoms in total. The van der Waals surface area contributed by atoms with E-state index in [2.05, 4.69) is 31.0 Å². The van der Waals surface area contributed by atoms with Gasteiger partial charge >= 0.3 is 5.97 Å². The van der Waals surface area contributed by atoms with Crippen LogP contribution >= 0.6 is 0 Å². The third-order valence-corrected chi connectivity index (χ3v) is 6.46. The predicted octanol–water partition coefficient (Wildman–Crippen LogP) is 3.54. The Labute approximate surface area is 194 Å². The van der Waals surface area contributed by atoms with Crippen molar-refractivity contribution in [1.29, 1.82) is 0 Å². The summed E-state index contributed by atoms with van der Waals surface area (Å²) in [6, 6.07) is -1.10. The summed E-state index contributed by atoms with van der Waals surface area (Å²) in [6.07, 6.45) is 3.39. The van der Waals surface area contributed by atoms with Crippen molar-refractivity contribution in [2.24, 2.45) is 17.3 Å². The second-order valence-corrected chi connectivity index (χ2v) is 11.1. The zero-order chi connectivity index (χ0) is 25.0. The molecule has 1 heterocycles. The first-order valence-electron chi connectivity index (χ1n) is 11.8. The molecule has 0 spiro atoms. The summed E-state index contributed by atoms with van der Waals surface area (Å²) >= 11 is 0. The van der Waals surface area contributed by atoms with Gasteiger partial charge in [-0.2, -0.15) is 0 Å². The third-order valence-electron chi connectivity index (χ3n) is 6.46. The Kier molecular flexibility index (Phi) is 9.94. The topological polar surface area (TPSA) is 90.0 Å². The zero-order valence-corrected chi connectivity index (χ0v) is 21.7. The van der Waals surface area contributed by atoms with Crippen LogP contribution in [0, 0.1) is 17.3 Å². The Balaban J connectivity index is 3.17. The van der Waals surface area contributed by atoms with Gasteiger partial charge in [-0.3, -0.25) is 14.5 Å². The molecule has 1 aliphatic rings. The molecular weight excluding hydrogens is 406 g/mol. The van der Waals surface area contributed by atoms with Gasteiger partial charge in [0.25, 0.3) is 0 Å². The standard InChI is InChI=1S/C25H45N3O4/c1-15(2)20(13-18(6)24(31)32)27(10)23(30)21(25(7,8)9)26-22(29)19-12-11-17(5)14-28(19)16(3)4/h13,15-17,19-21H,11-12,14H2,1-10H3,(H,26,29)(H,31,32)/b18-13+/t17-,19?,20+,21+/m0/s1. The molecule has 0 bridgehead atoms. The number of hydrogen-bond donors (Lipinski definition) is 2. The van der Waals surface area contributed by atoms with Crippen molar-refractivity contribution in [2.45, 2.75) is 99.3 Å². The van der Waals surface area contributed by atoms with Gasteiger partial charge in [0.1, 0.15) is 6.04 Å². The van der Waals surface area contributed by atoms with Gasteiger partial charge in [-0.25, -0.2) is 4.79 Å². The Morgan fingerprint density at radius 2 is 1.69 bits per heavy atom. The monoisotopic (exact) mass is 451 g/mol. The van der Waals surface area contributed by atoms with E-state index in [4.69, 9.17) is 0 Å². The van der Waals surface area contributed by atoms with Crippen LogP contribution in [0.2, 0.25) is 0 Å². The molecule has 1 aliphatic heterocycles. The van der Waals surface area contributed by atoms with E-state index < -0.39 is 17.4 Å². The quantitative estimate of drug-likeness (QED) is 0.551. The predicted molar refractivity (Wildman–Crippen MR) is 128 cm³/mol. The Morgan fingerprint density at radius 3 is 2.12 bits per heavy atom. The molecule has 0 saturated carbocycles. The van der Waals surface area contributed by atoms with E-state index in [0.29, 0.717) is 5.92 Å². The van der Waals surface area contributed by atoms with E-state index in [9.17, 15) is 19.5 Å². The van der Waals surface area contributed by atoms with Gasteiger partial charge in [-0.15, -0.1) is 0 Å². The van der Waals surface area contributed by atoms with Crippen LogP contribution in [0.4, 0.5) is 0 Å². The number of amides is 2. The summed E-state index contributed by atoms with van der Waals surface area (Å²) in [7, 11) is 1.69. The van der Waals surface area contributed by atoms with Crippen molar-refractivity contribution < 1.29 is 19.5 Å². The molecule has 2 N–H and O–H groups in total. The molecule has 32 heavy (non-hydrogen) atoms. The number of carbonyl (C=O) groups excluding carboxylic acids is 2. The molecule has 1 unspecified atom stereocenters. The minimum absolute atomic E-state index is 0.0193. The van der Waals surface area contributed by atoms with E-state index in [0.717, 1.165) is 19.4 Å². The van der Waals surface area contributed by atoms with Gasteiger partial charge in [-0.1, -0.05) is 47.6 Å². The number of nitrogens with zero attached hydrogens (tertiary/aromatic N) is 2. The number of likely N-dealkylation sites (tertiary alicyclic amines) is 1. The molecule has 1 rings (SSSR count). The highest BCUT2D eigenvalue weighted by Crippen LogP contribution is 2.27. The fourth-order valence-electron chi connectivity index (χ4n) is 4.36. The van der Waals surface area contributed by atoms with Crippen LogP contribution < -0.4 is 5.32 Å². The molecular formula is C25H45N3O4. The first-order chi connectivity index (χ1) is 14.6. The highest BCUT2D eigenvalue weighted by Gasteiger charge is 2.40. The summed E-state index contributed by atoms with van der Waals surface area (Å²) in [6.45, 7) is 18.5. The van der Waals surface area contributed by atoms with Gasteiger partial charge in [0, 0.05) is 25.2 Å². The lowest BCUT2D eigenvalue weighted by Gasteiger charge is -2.42. The van der Waals surface area contributed by atoms with Crippen molar-refractivity contribution in [3.63, 3.8) is 0 Å². The second-order valence-electron chi connectivity index (χ2n) is 11.1. The van der Waals surface area contributed by atoms with E-state index in [1.807, 2.05) is 34.6 Å². The molecule has 0 aromatic heterocycles. The fourth-order valence-corrected chi connectivity index (χ4v) is 4.36. The van der Waals surface area contributed by atoms with Crippen molar-refractivity contribution in [3.8, 4) is 0 Å². The summed E-state index contributed by atoms with van der Waals surface area (Å²) in [4.78, 5) is 42.1. The lowest BCUT2D eigenvalue weighted by molar-refractivity contribution is -0.142. The average molecular weight is 452 g/mol. The van der Waals surface area contributed by atoms with Gasteiger partial charge < -0.3 is 15.3 Å². The minimum atomic E-state index is -1.00. The van der Waals surface area contributed by atoms with E-state index in [-0.39, 0.29) is 41.4 Å². The number of piperidine rings is 1. The fraction of sp³-hybridized carbons (Fsp3) is 0.800. The summed E-state index contributed by atoms with van der Waals surface area (Å²) in [5.74, 6) is -0.753. The molecule has 0 aromatic rings. The number of aliphatic carboxylic acids is 1. The lowest BCUT2D eigenvalue weighted by Crippen LogP contribution is -2.61. The van der Waals surface area contributed by atoms with Crippen LogP contribution in [0.25, 0.3) is 0 Å². The highest BCUT2D eigenvalue weighted by atomic mass is 16.4. The van der Waals surface area contributed by atoms with Gasteiger partial charge in [0.15, 0.2) is 0 Å². The maximum Gasteiger partial charge on any atom is 0.331 e. The average Bonchev–Trinajstić information content (AvgIpc) is 2.67. The molecule has 1 fully saturated rings. The molecule has 0 aliphatic carbocycles. The lowest BCUT2D eigenvalue weighted by atomic mass is 9.84. The molecule has 2 amide bonds. The van der Waals surface area contributed by atoms with Crippen molar-refractivity contribution in [2.75, 3.05) is 13.6 Å². The molecule has 4 atom stereocenters. The minimum Gasteiger partial charge on any atom is -0.478 e. The van der Waals surface area contributed by atoms with Gasteiger partial charge in [-0.05, 0) is 50.9 Å². The number of carbonyl (C=O) groups is 3. The number of rotatable bonds is 8. The third kappa shape index (κ3) is 7.32. The zero-order valence-electron chi connectivity index (χ0n) is 21.7. The van der Waals surface area contributed by atoms with E-state index in [1.165, 1.54) is 6.92 Å². The SMILES string of the molecule is C/C(=C\[C@H](C(C)C)N(C)C(=O)[C@@H](NC(=O)C1CC[C@H](C)CN1C(C)C)C(C)(C)C)C(=O)O. The summed E-state index contributed by atoms with van der Waals surface area (Å²) in [5, 5.41) is 12.4. The van der Waals surface area contributed by atoms with Crippen LogP contribution in [0.15, 0.2) is 11.6 Å². The molecule has 7 heteroatoms. The number of carboxylic acid groups (broad SMARTS) is 1. The maximum atomic E-state index is 13.6. The largest absolute Gasteiger partial charge is 0.478 e. The summed E-state index contributed by atoms with van der Waals surface area (Å²) in [5.41, 5.74) is -0.304. The Hall–Kier alpha value is -1.89. The van der Waals surface area contributed by atoms with Crippen molar-refractivity contribution >= 4 is 17.8 Å². The van der Waals surface area contributed by atoms with Gasteiger partial charge in [0.05, 0.1) is 12.1 Å². The van der Waals surface area contributed by atoms with Gasteiger partial charge in [0.2, 0.25) is 11.8 Å². The number of nitrogens with one attached hydrogen (secondary N) is 1. The highest BCUT2D eigenvalue weighted by molar-refractivity contribution is 5.91. The van der Waals surface area contributed by atoms with Crippen LogP contribution in [-0.2, 0) is 14.4 Å². The first kappa shape index (κ1) is 28.1. The van der Waals surface area contributed by atoms with Crippen LogP contribution in [0.5, 0.6) is 0 Å². The number of likely N-dealkylation sites (N-methyl/N-ethyl adjacent to an activating group) is 1. The number of hydrogen-bond acceptors (Lipinski definition) is 4. The maximum absolute atomic E-state index is 13.6. The Bertz CT molecular complexity index is 708. The van der Waals surface area contributed by atoms with Crippen LogP contribution in [-0.4, -0.2) is 70.4 Å². The first-order valence-corrected chi connectivity index (χ1v) is 11.8. The van der Waals surface area contributed by atoms with E-state index >= 15 is 0 Å². The molecule has 1 saturated heterocycles. The van der Waals surface area contributed by atoms with E-state index in [1.54, 1.807) is 18.0 Å². The molecule has 184 valence electrons.